The Balaban J connectivity index is 1.60. The van der Waals surface area contributed by atoms with Crippen LogP contribution in [0, 0.1) is 11.3 Å². The first kappa shape index (κ1) is 23.3. The maximum Gasteiger partial charge on any atom is 0.407 e. The lowest BCUT2D eigenvalue weighted by atomic mass is 9.72. The highest BCUT2D eigenvalue weighted by molar-refractivity contribution is 6.42. The van der Waals surface area contributed by atoms with Crippen LogP contribution in [0.2, 0.25) is 10.0 Å². The van der Waals surface area contributed by atoms with Gasteiger partial charge in [0.1, 0.15) is 5.54 Å². The topological polar surface area (TPSA) is 90.0 Å². The number of carbonyl (C=O) groups is 3. The van der Waals surface area contributed by atoms with E-state index in [0.717, 1.165) is 23.3 Å². The number of nitrogens with zero attached hydrogens (tertiary/aromatic N) is 2. The number of piperidine rings is 1. The molecule has 9 heteroatoms. The fraction of sp³-hybridized carbons (Fsp3) is 0.609. The van der Waals surface area contributed by atoms with Crippen molar-refractivity contribution in [2.45, 2.75) is 44.1 Å². The van der Waals surface area contributed by atoms with Crippen LogP contribution in [0.25, 0.3) is 0 Å². The number of nitrogens with one attached hydrogen (secondary N) is 1. The monoisotopic (exact) mass is 481 g/mol. The Morgan fingerprint density at radius 2 is 1.81 bits per heavy atom. The number of Topliss-reactive ketones (excluding diaryl/α,β-unsaturated/α-hetero) is 1. The van der Waals surface area contributed by atoms with Crippen molar-refractivity contribution in [2.75, 3.05) is 33.2 Å². The molecule has 3 aliphatic rings. The molecule has 0 radical (unpaired) electrons. The number of amides is 2. The lowest BCUT2D eigenvalue weighted by molar-refractivity contribution is -0.142. The Hall–Kier alpha value is -1.83. The second-order valence-electron chi connectivity index (χ2n) is 9.61. The number of carbonyl (C=O) groups excluding carboxylic acids is 2. The highest BCUT2D eigenvalue weighted by Gasteiger charge is 2.56. The number of carboxylic acid groups (broad SMARTS) is 1. The number of likely N-dealkylation sites (N-methyl/N-ethyl adjacent to an activating group) is 1. The van der Waals surface area contributed by atoms with Crippen LogP contribution >= 0.6 is 23.2 Å². The molecule has 0 bridgehead atoms. The molecule has 174 valence electrons. The number of halogens is 2. The predicted octanol–water partition coefficient (Wildman–Crippen LogP) is 3.64. The highest BCUT2D eigenvalue weighted by Crippen LogP contribution is 2.47. The fourth-order valence-electron chi connectivity index (χ4n) is 5.25. The van der Waals surface area contributed by atoms with Gasteiger partial charge in [-0.15, -0.1) is 0 Å². The number of hydrogen-bond acceptors (Lipinski definition) is 4. The van der Waals surface area contributed by atoms with Crippen LogP contribution in [0.4, 0.5) is 4.79 Å². The molecule has 4 rings (SSSR count). The number of likely N-dealkylation sites (tertiary alicyclic amines) is 1. The van der Waals surface area contributed by atoms with Crippen molar-refractivity contribution in [3.8, 4) is 0 Å². The second kappa shape index (κ2) is 8.50. The molecule has 2 aliphatic heterocycles. The zero-order chi connectivity index (χ0) is 23.3. The summed E-state index contributed by atoms with van der Waals surface area (Å²) in [5.41, 5.74) is -0.696. The molecule has 0 aromatic heterocycles. The Labute approximate surface area is 198 Å². The van der Waals surface area contributed by atoms with Crippen molar-refractivity contribution in [1.82, 2.24) is 15.1 Å². The van der Waals surface area contributed by atoms with Crippen LogP contribution in [-0.4, -0.2) is 71.5 Å². The van der Waals surface area contributed by atoms with Gasteiger partial charge < -0.3 is 15.3 Å². The first-order valence-electron chi connectivity index (χ1n) is 11.1. The summed E-state index contributed by atoms with van der Waals surface area (Å²) in [5, 5.41) is 13.9. The minimum absolute atomic E-state index is 0.0896. The molecule has 32 heavy (non-hydrogen) atoms. The van der Waals surface area contributed by atoms with E-state index >= 15 is 0 Å². The second-order valence-corrected chi connectivity index (χ2v) is 10.4. The van der Waals surface area contributed by atoms with Crippen molar-refractivity contribution in [3.63, 3.8) is 0 Å². The summed E-state index contributed by atoms with van der Waals surface area (Å²) in [5.74, 6) is -0.612. The lowest BCUT2D eigenvalue weighted by Gasteiger charge is -2.43. The fourth-order valence-corrected chi connectivity index (χ4v) is 5.56. The summed E-state index contributed by atoms with van der Waals surface area (Å²) < 4.78 is 0. The van der Waals surface area contributed by atoms with Crippen LogP contribution in [0.15, 0.2) is 18.2 Å². The minimum atomic E-state index is -1.25. The Morgan fingerprint density at radius 3 is 2.38 bits per heavy atom. The molecule has 2 N–H and O–H groups in total. The molecule has 0 unspecified atom stereocenters. The van der Waals surface area contributed by atoms with Gasteiger partial charge in [0, 0.05) is 50.5 Å². The normalized spacial score (nSPS) is 27.2. The largest absolute Gasteiger partial charge is 0.465 e. The highest BCUT2D eigenvalue weighted by atomic mass is 35.5. The van der Waals surface area contributed by atoms with Crippen molar-refractivity contribution in [1.29, 1.82) is 0 Å². The van der Waals surface area contributed by atoms with E-state index < -0.39 is 17.6 Å². The van der Waals surface area contributed by atoms with Gasteiger partial charge in [-0.05, 0) is 43.4 Å². The summed E-state index contributed by atoms with van der Waals surface area (Å²) in [6, 6.07) is 5.20. The van der Waals surface area contributed by atoms with Crippen molar-refractivity contribution >= 4 is 41.0 Å². The van der Waals surface area contributed by atoms with Crippen molar-refractivity contribution < 1.29 is 19.5 Å². The first-order valence-corrected chi connectivity index (χ1v) is 11.8. The molecule has 7 nitrogen and oxygen atoms in total. The maximum absolute atomic E-state index is 14.0. The molecule has 2 saturated heterocycles. The molecule has 2 amide bonds. The van der Waals surface area contributed by atoms with Gasteiger partial charge in [-0.3, -0.25) is 14.5 Å². The Kier molecular flexibility index (Phi) is 6.20. The van der Waals surface area contributed by atoms with Gasteiger partial charge in [-0.1, -0.05) is 36.2 Å². The molecule has 2 atom stereocenters. The number of rotatable bonds is 5. The average molecular weight is 482 g/mol. The molecule has 1 aliphatic carbocycles. The van der Waals surface area contributed by atoms with Gasteiger partial charge in [0.25, 0.3) is 0 Å². The molecular weight excluding hydrogens is 453 g/mol. The zero-order valence-corrected chi connectivity index (χ0v) is 19.9. The molecule has 0 spiro atoms. The Bertz CT molecular complexity index is 943. The van der Waals surface area contributed by atoms with Crippen LogP contribution in [0.5, 0.6) is 0 Å². The van der Waals surface area contributed by atoms with Gasteiger partial charge in [0.2, 0.25) is 5.91 Å². The average Bonchev–Trinajstić information content (AvgIpc) is 3.38. The molecule has 1 aromatic carbocycles. The third-order valence-corrected chi connectivity index (χ3v) is 8.39. The van der Waals surface area contributed by atoms with E-state index in [4.69, 9.17) is 23.2 Å². The smallest absolute Gasteiger partial charge is 0.407 e. The van der Waals surface area contributed by atoms with Gasteiger partial charge >= 0.3 is 6.09 Å². The third-order valence-electron chi connectivity index (χ3n) is 7.65. The summed E-state index contributed by atoms with van der Waals surface area (Å²) in [6.07, 6.45) is 1.79. The van der Waals surface area contributed by atoms with E-state index in [-0.39, 0.29) is 29.6 Å². The van der Waals surface area contributed by atoms with E-state index in [1.165, 1.54) is 7.05 Å². The van der Waals surface area contributed by atoms with Crippen LogP contribution in [0.1, 0.15) is 44.1 Å². The van der Waals surface area contributed by atoms with E-state index in [9.17, 15) is 19.5 Å². The predicted molar refractivity (Wildman–Crippen MR) is 122 cm³/mol. The molecule has 2 heterocycles. The zero-order valence-electron chi connectivity index (χ0n) is 18.4. The van der Waals surface area contributed by atoms with Crippen molar-refractivity contribution in [2.24, 2.45) is 11.3 Å². The third kappa shape index (κ3) is 3.88. The molecule has 1 aromatic rings. The van der Waals surface area contributed by atoms with E-state index in [0.29, 0.717) is 42.5 Å². The van der Waals surface area contributed by atoms with E-state index in [2.05, 4.69) is 5.32 Å². The maximum atomic E-state index is 14.0. The number of ketones is 1. The number of benzene rings is 1. The summed E-state index contributed by atoms with van der Waals surface area (Å²) in [6.45, 7) is 3.74. The first-order chi connectivity index (χ1) is 15.1. The Morgan fingerprint density at radius 1 is 1.16 bits per heavy atom. The van der Waals surface area contributed by atoms with Gasteiger partial charge in [-0.2, -0.15) is 0 Å². The van der Waals surface area contributed by atoms with Crippen LogP contribution < -0.4 is 5.32 Å². The SMILES string of the molecule is CN(C(=O)O)[C@]1(C(=O)C2CCN(C(=O)C3(C)CC3)CC2)CNC[C@@H]1c1ccc(Cl)c(Cl)c1. The number of hydrogen-bond donors (Lipinski definition) is 2. The molecule has 3 fully saturated rings. The van der Waals surface area contributed by atoms with Crippen molar-refractivity contribution in [3.05, 3.63) is 33.8 Å². The minimum Gasteiger partial charge on any atom is -0.465 e. The van der Waals surface area contributed by atoms with Gasteiger partial charge in [-0.25, -0.2) is 4.79 Å². The lowest BCUT2D eigenvalue weighted by Crippen LogP contribution is -2.62. The summed E-state index contributed by atoms with van der Waals surface area (Å²) in [7, 11) is 1.46. The molecule has 1 saturated carbocycles. The van der Waals surface area contributed by atoms with E-state index in [1.54, 1.807) is 18.2 Å². The standard InChI is InChI=1S/C23H29Cl2N3O4/c1-22(7-8-22)20(30)28-9-5-14(6-10-28)19(29)23(27(2)21(31)32)13-26-12-16(23)15-3-4-17(24)18(25)11-15/h3-4,11,14,16,26H,5-10,12-13H2,1-2H3,(H,31,32)/t16-,23-/m1/s1. The van der Waals surface area contributed by atoms with Crippen LogP contribution in [-0.2, 0) is 9.59 Å². The van der Waals surface area contributed by atoms with Gasteiger partial charge in [0.15, 0.2) is 5.78 Å². The van der Waals surface area contributed by atoms with E-state index in [1.807, 2.05) is 11.8 Å². The molecular formula is C23H29Cl2N3O4. The van der Waals surface area contributed by atoms with Gasteiger partial charge in [0.05, 0.1) is 10.0 Å². The summed E-state index contributed by atoms with van der Waals surface area (Å²) in [4.78, 5) is 41.8. The summed E-state index contributed by atoms with van der Waals surface area (Å²) >= 11 is 12.3. The van der Waals surface area contributed by atoms with Crippen LogP contribution in [0.3, 0.4) is 0 Å². The quantitative estimate of drug-likeness (QED) is 0.669.